The fourth-order valence-corrected chi connectivity index (χ4v) is 1.72. The summed E-state index contributed by atoms with van der Waals surface area (Å²) in [7, 11) is 0. The van der Waals surface area contributed by atoms with Crippen LogP contribution >= 0.6 is 0 Å². The molecule has 1 aromatic carbocycles. The topological polar surface area (TPSA) is 60.5 Å². The van der Waals surface area contributed by atoms with Gasteiger partial charge in [0.15, 0.2) is 0 Å². The van der Waals surface area contributed by atoms with Crippen LogP contribution in [0, 0.1) is 0 Å². The minimum absolute atomic E-state index is 0.383. The Morgan fingerprint density at radius 3 is 2.58 bits per heavy atom. The molecule has 0 saturated carbocycles. The Hall–Kier alpha value is -2.61. The van der Waals surface area contributed by atoms with E-state index in [1.54, 1.807) is 48.8 Å². The van der Waals surface area contributed by atoms with Crippen LogP contribution in [-0.4, -0.2) is 29.8 Å². The lowest BCUT2D eigenvalue weighted by atomic mass is 10.2. The van der Waals surface area contributed by atoms with Crippen LogP contribution < -0.4 is 10.1 Å². The molecule has 1 amide bonds. The summed E-state index contributed by atoms with van der Waals surface area (Å²) in [5.74, 6) is 0.346. The van der Waals surface area contributed by atoms with Crippen molar-refractivity contribution in [1.29, 1.82) is 0 Å². The Morgan fingerprint density at radius 1 is 1.21 bits per heavy atom. The highest BCUT2D eigenvalue weighted by molar-refractivity contribution is 5.94. The van der Waals surface area contributed by atoms with Gasteiger partial charge in [-0.25, -0.2) is 0 Å². The number of nitrogens with zero attached hydrogens (tertiary/aromatic N) is 1. The molecule has 1 aromatic heterocycles. The van der Waals surface area contributed by atoms with Gasteiger partial charge in [-0.15, -0.1) is 0 Å². The highest BCUT2D eigenvalue weighted by Gasteiger charge is 2.29. The molecule has 1 unspecified atom stereocenters. The number of benzene rings is 1. The Labute approximate surface area is 136 Å². The van der Waals surface area contributed by atoms with Gasteiger partial charge >= 0.3 is 6.18 Å². The van der Waals surface area contributed by atoms with Crippen LogP contribution in [0.25, 0.3) is 0 Å². The highest BCUT2D eigenvalue weighted by Crippen LogP contribution is 2.23. The zero-order valence-electron chi connectivity index (χ0n) is 12.7. The van der Waals surface area contributed by atoms with E-state index in [1.807, 2.05) is 0 Å². The lowest BCUT2D eigenvalue weighted by Gasteiger charge is -2.15. The van der Waals surface area contributed by atoms with Crippen LogP contribution in [0.15, 0.2) is 48.8 Å². The van der Waals surface area contributed by atoms with Gasteiger partial charge in [0.25, 0.3) is 5.91 Å². The predicted molar refractivity (Wildman–Crippen MR) is 80.9 cm³/mol. The number of ether oxygens (including phenoxy) is 2. The number of alkyl halides is 3. The number of rotatable bonds is 6. The smallest absolute Gasteiger partial charge is 0.411 e. The predicted octanol–water partition coefficient (Wildman–Crippen LogP) is 3.78. The second kappa shape index (κ2) is 7.78. The largest absolute Gasteiger partial charge is 0.457 e. The molecule has 0 aliphatic rings. The fraction of sp³-hybridized carbons (Fsp3) is 0.250. The number of carbonyl (C=O) groups is 1. The molecule has 8 heteroatoms. The number of aromatic nitrogens is 1. The number of amides is 1. The third kappa shape index (κ3) is 5.88. The second-order valence-corrected chi connectivity index (χ2v) is 4.87. The first kappa shape index (κ1) is 17.7. The fourth-order valence-electron chi connectivity index (χ4n) is 1.72. The lowest BCUT2D eigenvalue weighted by molar-refractivity contribution is -0.184. The Bertz CT molecular complexity index is 678. The average molecular weight is 340 g/mol. The summed E-state index contributed by atoms with van der Waals surface area (Å²) in [5, 5.41) is 2.48. The molecule has 128 valence electrons. The second-order valence-electron chi connectivity index (χ2n) is 4.87. The van der Waals surface area contributed by atoms with Crippen molar-refractivity contribution in [2.75, 3.05) is 11.9 Å². The third-order valence-electron chi connectivity index (χ3n) is 2.85. The van der Waals surface area contributed by atoms with E-state index in [0.717, 1.165) is 0 Å². The molecule has 0 bridgehead atoms. The minimum atomic E-state index is -4.48. The summed E-state index contributed by atoms with van der Waals surface area (Å²) >= 11 is 0. The van der Waals surface area contributed by atoms with E-state index < -0.39 is 24.8 Å². The van der Waals surface area contributed by atoms with Gasteiger partial charge in [-0.2, -0.15) is 13.2 Å². The molecule has 0 fully saturated rings. The molecule has 24 heavy (non-hydrogen) atoms. The van der Waals surface area contributed by atoms with Crippen LogP contribution in [0.4, 0.5) is 18.9 Å². The SMILES string of the molecule is CC(OCC(F)(F)F)C(=O)Nc1cccc(Oc2ccncc2)c1. The normalized spacial score (nSPS) is 12.5. The van der Waals surface area contributed by atoms with E-state index in [4.69, 9.17) is 4.74 Å². The first-order valence-electron chi connectivity index (χ1n) is 7.01. The van der Waals surface area contributed by atoms with Gasteiger partial charge in [0.1, 0.15) is 24.2 Å². The van der Waals surface area contributed by atoms with Crippen molar-refractivity contribution < 1.29 is 27.4 Å². The van der Waals surface area contributed by atoms with E-state index in [9.17, 15) is 18.0 Å². The zero-order chi connectivity index (χ0) is 17.6. The van der Waals surface area contributed by atoms with Crippen LogP contribution in [0.2, 0.25) is 0 Å². The Balaban J connectivity index is 1.95. The number of pyridine rings is 1. The highest BCUT2D eigenvalue weighted by atomic mass is 19.4. The van der Waals surface area contributed by atoms with Gasteiger partial charge in [-0.05, 0) is 31.2 Å². The Morgan fingerprint density at radius 2 is 1.92 bits per heavy atom. The molecule has 5 nitrogen and oxygen atoms in total. The molecular weight excluding hydrogens is 325 g/mol. The van der Waals surface area contributed by atoms with Gasteiger partial charge in [0, 0.05) is 24.1 Å². The minimum Gasteiger partial charge on any atom is -0.457 e. The van der Waals surface area contributed by atoms with Crippen molar-refractivity contribution >= 4 is 11.6 Å². The molecule has 0 radical (unpaired) electrons. The van der Waals surface area contributed by atoms with Gasteiger partial charge in [-0.1, -0.05) is 6.07 Å². The summed E-state index contributed by atoms with van der Waals surface area (Å²) < 4.78 is 46.3. The third-order valence-corrected chi connectivity index (χ3v) is 2.85. The van der Waals surface area contributed by atoms with Crippen molar-refractivity contribution in [3.8, 4) is 11.5 Å². The summed E-state index contributed by atoms with van der Waals surface area (Å²) in [6.45, 7) is -0.231. The molecule has 0 aliphatic carbocycles. The van der Waals surface area contributed by atoms with Crippen molar-refractivity contribution in [2.24, 2.45) is 0 Å². The first-order chi connectivity index (χ1) is 11.3. The lowest BCUT2D eigenvalue weighted by Crippen LogP contribution is -2.31. The maximum Gasteiger partial charge on any atom is 0.411 e. The molecule has 2 rings (SSSR count). The number of carbonyl (C=O) groups excluding carboxylic acids is 1. The van der Waals surface area contributed by atoms with Crippen molar-refractivity contribution in [3.63, 3.8) is 0 Å². The van der Waals surface area contributed by atoms with Crippen LogP contribution in [0.5, 0.6) is 11.5 Å². The summed E-state index contributed by atoms with van der Waals surface area (Å²) in [6.07, 6.45) is -2.58. The molecule has 1 heterocycles. The Kier molecular flexibility index (Phi) is 5.75. The quantitative estimate of drug-likeness (QED) is 0.869. The van der Waals surface area contributed by atoms with Gasteiger partial charge in [-0.3, -0.25) is 9.78 Å². The van der Waals surface area contributed by atoms with E-state index in [1.165, 1.54) is 6.92 Å². The standard InChI is InChI=1S/C16H15F3N2O3/c1-11(23-10-16(17,18)19)15(22)21-12-3-2-4-14(9-12)24-13-5-7-20-8-6-13/h2-9,11H,10H2,1H3,(H,21,22). The van der Waals surface area contributed by atoms with Crippen LogP contribution in [0.3, 0.4) is 0 Å². The average Bonchev–Trinajstić information content (AvgIpc) is 2.53. The molecule has 1 N–H and O–H groups in total. The molecular formula is C16H15F3N2O3. The van der Waals surface area contributed by atoms with Gasteiger partial charge in [0.05, 0.1) is 0 Å². The summed E-state index contributed by atoms with van der Waals surface area (Å²) in [4.78, 5) is 15.7. The number of anilines is 1. The summed E-state index contributed by atoms with van der Waals surface area (Å²) in [5.41, 5.74) is 0.383. The van der Waals surface area contributed by atoms with Crippen molar-refractivity contribution in [3.05, 3.63) is 48.8 Å². The van der Waals surface area contributed by atoms with Gasteiger partial charge < -0.3 is 14.8 Å². The first-order valence-corrected chi connectivity index (χ1v) is 7.01. The van der Waals surface area contributed by atoms with Crippen molar-refractivity contribution in [1.82, 2.24) is 4.98 Å². The number of nitrogens with one attached hydrogen (secondary N) is 1. The summed E-state index contributed by atoms with van der Waals surface area (Å²) in [6, 6.07) is 9.80. The molecule has 0 saturated heterocycles. The van der Waals surface area contributed by atoms with E-state index in [-0.39, 0.29) is 0 Å². The van der Waals surface area contributed by atoms with E-state index >= 15 is 0 Å². The zero-order valence-corrected chi connectivity index (χ0v) is 12.7. The van der Waals surface area contributed by atoms with Crippen LogP contribution in [-0.2, 0) is 9.53 Å². The maximum absolute atomic E-state index is 12.1. The van der Waals surface area contributed by atoms with Crippen LogP contribution in [0.1, 0.15) is 6.92 Å². The van der Waals surface area contributed by atoms with Crippen molar-refractivity contribution in [2.45, 2.75) is 19.2 Å². The molecule has 0 aliphatic heterocycles. The van der Waals surface area contributed by atoms with E-state index in [0.29, 0.717) is 17.2 Å². The monoisotopic (exact) mass is 340 g/mol. The maximum atomic E-state index is 12.1. The number of hydrogen-bond acceptors (Lipinski definition) is 4. The molecule has 0 spiro atoms. The van der Waals surface area contributed by atoms with E-state index in [2.05, 4.69) is 15.0 Å². The number of hydrogen-bond donors (Lipinski definition) is 1. The number of halogens is 3. The molecule has 2 aromatic rings. The molecule has 1 atom stereocenters. The van der Waals surface area contributed by atoms with Gasteiger partial charge in [0.2, 0.25) is 0 Å².